The maximum Gasteiger partial charge on any atom is 0.270 e. The number of aliphatic hydroxyl groups is 1. The van der Waals surface area contributed by atoms with Crippen molar-refractivity contribution in [2.75, 3.05) is 6.61 Å². The van der Waals surface area contributed by atoms with Crippen molar-refractivity contribution >= 4 is 5.69 Å². The Morgan fingerprint density at radius 1 is 1.24 bits per heavy atom. The summed E-state index contributed by atoms with van der Waals surface area (Å²) < 4.78 is 5.53. The van der Waals surface area contributed by atoms with E-state index in [-0.39, 0.29) is 18.8 Å². The quantitative estimate of drug-likeness (QED) is 0.627. The summed E-state index contributed by atoms with van der Waals surface area (Å²) >= 11 is 0. The van der Waals surface area contributed by atoms with Crippen LogP contribution in [0.5, 0.6) is 5.75 Å². The van der Waals surface area contributed by atoms with E-state index in [9.17, 15) is 15.2 Å². The Bertz CT molecular complexity index is 616. The van der Waals surface area contributed by atoms with Crippen molar-refractivity contribution in [2.24, 2.45) is 5.73 Å². The summed E-state index contributed by atoms with van der Waals surface area (Å²) in [7, 11) is 0. The zero-order chi connectivity index (χ0) is 15.2. The molecule has 0 fully saturated rings. The summed E-state index contributed by atoms with van der Waals surface area (Å²) in [6.45, 7) is 0.174. The van der Waals surface area contributed by atoms with Crippen LogP contribution < -0.4 is 10.5 Å². The summed E-state index contributed by atoms with van der Waals surface area (Å²) in [6, 6.07) is 13.3. The molecule has 2 aromatic rings. The zero-order valence-electron chi connectivity index (χ0n) is 11.3. The van der Waals surface area contributed by atoms with E-state index in [2.05, 4.69) is 0 Å². The van der Waals surface area contributed by atoms with Crippen LogP contribution in [0.15, 0.2) is 48.5 Å². The number of rotatable bonds is 6. The van der Waals surface area contributed by atoms with Gasteiger partial charge in [0.05, 0.1) is 4.92 Å². The molecule has 0 aliphatic rings. The number of nitro groups is 1. The highest BCUT2D eigenvalue weighted by Gasteiger charge is 2.13. The Morgan fingerprint density at radius 3 is 2.57 bits per heavy atom. The second-order valence-electron chi connectivity index (χ2n) is 4.49. The minimum absolute atomic E-state index is 0.0357. The summed E-state index contributed by atoms with van der Waals surface area (Å²) in [5.41, 5.74) is 6.81. The first-order chi connectivity index (χ1) is 10.1. The summed E-state index contributed by atoms with van der Waals surface area (Å²) in [5, 5.41) is 20.7. The van der Waals surface area contributed by atoms with Gasteiger partial charge < -0.3 is 15.6 Å². The molecule has 3 N–H and O–H groups in total. The highest BCUT2D eigenvalue weighted by molar-refractivity contribution is 5.43. The molecule has 0 bridgehead atoms. The molecule has 2 rings (SSSR count). The Kier molecular flexibility index (Phi) is 4.86. The largest absolute Gasteiger partial charge is 0.490 e. The van der Waals surface area contributed by atoms with Gasteiger partial charge in [0.25, 0.3) is 5.69 Å². The minimum atomic E-state index is -0.771. The molecule has 6 heteroatoms. The number of hydrogen-bond donors (Lipinski definition) is 2. The fraction of sp³-hybridized carbons (Fsp3) is 0.200. The van der Waals surface area contributed by atoms with Gasteiger partial charge in [-0.3, -0.25) is 10.1 Å². The van der Waals surface area contributed by atoms with Crippen LogP contribution in [0.3, 0.4) is 0 Å². The summed E-state index contributed by atoms with van der Waals surface area (Å²) in [6.07, 6.45) is -0.771. The van der Waals surface area contributed by atoms with Crippen LogP contribution in [-0.2, 0) is 6.54 Å². The maximum absolute atomic E-state index is 10.7. The molecule has 0 saturated carbocycles. The summed E-state index contributed by atoms with van der Waals surface area (Å²) in [4.78, 5) is 10.2. The Balaban J connectivity index is 2.08. The van der Waals surface area contributed by atoms with Crippen LogP contribution in [0.25, 0.3) is 0 Å². The Morgan fingerprint density at radius 2 is 1.95 bits per heavy atom. The van der Waals surface area contributed by atoms with Crippen LogP contribution in [0.2, 0.25) is 0 Å². The second kappa shape index (κ2) is 6.83. The van der Waals surface area contributed by atoms with Crippen LogP contribution in [0.4, 0.5) is 5.69 Å². The van der Waals surface area contributed by atoms with Crippen molar-refractivity contribution in [2.45, 2.75) is 12.6 Å². The predicted molar refractivity (Wildman–Crippen MR) is 77.9 cm³/mol. The number of nitrogens with zero attached hydrogens (tertiary/aromatic N) is 1. The Hall–Kier alpha value is -2.44. The standard InChI is InChI=1S/C15H16N2O4/c16-9-12-8-13(17(19)20)6-7-15(12)21-10-14(18)11-4-2-1-3-5-11/h1-8,14,18H,9-10,16H2. The average molecular weight is 288 g/mol. The van der Waals surface area contributed by atoms with E-state index < -0.39 is 11.0 Å². The van der Waals surface area contributed by atoms with Gasteiger partial charge in [-0.15, -0.1) is 0 Å². The molecule has 0 amide bonds. The smallest absolute Gasteiger partial charge is 0.270 e. The van der Waals surface area contributed by atoms with Crippen LogP contribution >= 0.6 is 0 Å². The average Bonchev–Trinajstić information content (AvgIpc) is 2.53. The van der Waals surface area contributed by atoms with Gasteiger partial charge >= 0.3 is 0 Å². The number of hydrogen-bond acceptors (Lipinski definition) is 5. The van der Waals surface area contributed by atoms with E-state index in [0.717, 1.165) is 5.56 Å². The fourth-order valence-electron chi connectivity index (χ4n) is 1.92. The van der Waals surface area contributed by atoms with Gasteiger partial charge in [0.15, 0.2) is 0 Å². The first-order valence-corrected chi connectivity index (χ1v) is 6.45. The molecule has 0 aliphatic carbocycles. The molecule has 0 spiro atoms. The van der Waals surface area contributed by atoms with Crippen molar-refractivity contribution in [3.05, 3.63) is 69.8 Å². The van der Waals surface area contributed by atoms with Crippen molar-refractivity contribution in [3.8, 4) is 5.75 Å². The molecule has 6 nitrogen and oxygen atoms in total. The van der Waals surface area contributed by atoms with E-state index in [1.165, 1.54) is 18.2 Å². The number of nitro benzene ring substituents is 1. The third-order valence-electron chi connectivity index (χ3n) is 3.06. The van der Waals surface area contributed by atoms with E-state index >= 15 is 0 Å². The lowest BCUT2D eigenvalue weighted by Gasteiger charge is -2.14. The lowest BCUT2D eigenvalue weighted by atomic mass is 10.1. The van der Waals surface area contributed by atoms with Gasteiger partial charge in [-0.25, -0.2) is 0 Å². The van der Waals surface area contributed by atoms with Crippen molar-refractivity contribution in [1.29, 1.82) is 0 Å². The number of ether oxygens (including phenoxy) is 1. The Labute approximate surface area is 121 Å². The molecule has 21 heavy (non-hydrogen) atoms. The van der Waals surface area contributed by atoms with Gasteiger partial charge in [0.1, 0.15) is 18.5 Å². The van der Waals surface area contributed by atoms with Crippen molar-refractivity contribution < 1.29 is 14.8 Å². The number of benzene rings is 2. The molecule has 110 valence electrons. The lowest BCUT2D eigenvalue weighted by Crippen LogP contribution is -2.11. The number of non-ortho nitro benzene ring substituents is 1. The molecule has 1 atom stereocenters. The van der Waals surface area contributed by atoms with Crippen LogP contribution in [0, 0.1) is 10.1 Å². The highest BCUT2D eigenvalue weighted by Crippen LogP contribution is 2.25. The molecule has 0 saturated heterocycles. The van der Waals surface area contributed by atoms with Crippen molar-refractivity contribution in [1.82, 2.24) is 0 Å². The van der Waals surface area contributed by atoms with E-state index in [1.807, 2.05) is 18.2 Å². The minimum Gasteiger partial charge on any atom is -0.490 e. The molecular weight excluding hydrogens is 272 g/mol. The molecule has 2 aromatic carbocycles. The van der Waals surface area contributed by atoms with Gasteiger partial charge in [0, 0.05) is 24.2 Å². The number of aliphatic hydroxyl groups excluding tert-OH is 1. The lowest BCUT2D eigenvalue weighted by molar-refractivity contribution is -0.384. The molecule has 0 aliphatic heterocycles. The van der Waals surface area contributed by atoms with E-state index in [0.29, 0.717) is 11.3 Å². The van der Waals surface area contributed by atoms with Gasteiger partial charge in [0.2, 0.25) is 0 Å². The fourth-order valence-corrected chi connectivity index (χ4v) is 1.92. The SMILES string of the molecule is NCc1cc([N+](=O)[O-])ccc1OCC(O)c1ccccc1. The zero-order valence-corrected chi connectivity index (χ0v) is 11.3. The molecular formula is C15H16N2O4. The van der Waals surface area contributed by atoms with Gasteiger partial charge in [-0.05, 0) is 11.6 Å². The van der Waals surface area contributed by atoms with Crippen LogP contribution in [0.1, 0.15) is 17.2 Å². The molecule has 0 radical (unpaired) electrons. The first-order valence-electron chi connectivity index (χ1n) is 6.45. The van der Waals surface area contributed by atoms with Crippen LogP contribution in [-0.4, -0.2) is 16.6 Å². The maximum atomic E-state index is 10.7. The highest BCUT2D eigenvalue weighted by atomic mass is 16.6. The van der Waals surface area contributed by atoms with E-state index in [1.54, 1.807) is 12.1 Å². The third-order valence-corrected chi connectivity index (χ3v) is 3.06. The normalized spacial score (nSPS) is 11.9. The monoisotopic (exact) mass is 288 g/mol. The van der Waals surface area contributed by atoms with Gasteiger partial charge in [-0.2, -0.15) is 0 Å². The molecule has 0 heterocycles. The van der Waals surface area contributed by atoms with E-state index in [4.69, 9.17) is 10.5 Å². The number of nitrogens with two attached hydrogens (primary N) is 1. The van der Waals surface area contributed by atoms with Crippen molar-refractivity contribution in [3.63, 3.8) is 0 Å². The molecule has 1 unspecified atom stereocenters. The topological polar surface area (TPSA) is 98.6 Å². The molecule has 0 aromatic heterocycles. The predicted octanol–water partition coefficient (Wildman–Crippen LogP) is 2.17. The first kappa shape index (κ1) is 15.0. The third kappa shape index (κ3) is 3.77. The second-order valence-corrected chi connectivity index (χ2v) is 4.49. The summed E-state index contributed by atoms with van der Waals surface area (Å²) in [5.74, 6) is 0.443. The van der Waals surface area contributed by atoms with Gasteiger partial charge in [-0.1, -0.05) is 30.3 Å².